The minimum atomic E-state index is 0.225. The summed E-state index contributed by atoms with van der Waals surface area (Å²) in [5, 5.41) is 1.07. The predicted octanol–water partition coefficient (Wildman–Crippen LogP) is 3.99. The highest BCUT2D eigenvalue weighted by molar-refractivity contribution is 7.16. The van der Waals surface area contributed by atoms with Crippen molar-refractivity contribution in [3.05, 3.63) is 16.0 Å². The SMILES string of the molecule is C=Nc1sc(C(C)(C)C)c(C)c1C. The lowest BCUT2D eigenvalue weighted by molar-refractivity contribution is 0.600. The molecule has 1 heterocycles. The molecular formula is C11H17NS. The fourth-order valence-corrected chi connectivity index (χ4v) is 2.62. The van der Waals surface area contributed by atoms with Gasteiger partial charge in [0.15, 0.2) is 0 Å². The molecule has 1 aromatic rings. The fraction of sp³-hybridized carbons (Fsp3) is 0.545. The van der Waals surface area contributed by atoms with Crippen LogP contribution in [-0.4, -0.2) is 6.72 Å². The Balaban J connectivity index is 3.33. The quantitative estimate of drug-likeness (QED) is 0.601. The maximum absolute atomic E-state index is 4.03. The van der Waals surface area contributed by atoms with E-state index in [9.17, 15) is 0 Å². The molecular weight excluding hydrogens is 178 g/mol. The third-order valence-electron chi connectivity index (χ3n) is 2.25. The Kier molecular flexibility index (Phi) is 2.62. The van der Waals surface area contributed by atoms with Crippen molar-refractivity contribution in [2.45, 2.75) is 40.0 Å². The molecule has 0 radical (unpaired) electrons. The molecule has 0 bridgehead atoms. The second kappa shape index (κ2) is 3.26. The van der Waals surface area contributed by atoms with Gasteiger partial charge in [-0.15, -0.1) is 11.3 Å². The molecule has 72 valence electrons. The molecule has 1 aromatic heterocycles. The van der Waals surface area contributed by atoms with Crippen molar-refractivity contribution in [2.75, 3.05) is 0 Å². The zero-order valence-electron chi connectivity index (χ0n) is 9.06. The van der Waals surface area contributed by atoms with Crippen LogP contribution >= 0.6 is 11.3 Å². The molecule has 1 nitrogen and oxygen atoms in total. The number of rotatable bonds is 1. The number of hydrogen-bond acceptors (Lipinski definition) is 2. The normalized spacial score (nSPS) is 11.8. The Morgan fingerprint density at radius 2 is 1.69 bits per heavy atom. The van der Waals surface area contributed by atoms with Gasteiger partial charge in [-0.2, -0.15) is 0 Å². The first-order valence-corrected chi connectivity index (χ1v) is 5.26. The summed E-state index contributed by atoms with van der Waals surface area (Å²) in [4.78, 5) is 5.46. The first-order chi connectivity index (χ1) is 5.88. The smallest absolute Gasteiger partial charge is 0.118 e. The summed E-state index contributed by atoms with van der Waals surface area (Å²) < 4.78 is 0. The Bertz CT molecular complexity index is 329. The first-order valence-electron chi connectivity index (χ1n) is 4.45. The van der Waals surface area contributed by atoms with Gasteiger partial charge in [-0.05, 0) is 37.1 Å². The standard InChI is InChI=1S/C11H17NS/c1-7-8(2)10(12-6)13-9(7)11(3,4)5/h6H2,1-5H3. The van der Waals surface area contributed by atoms with Gasteiger partial charge in [0.25, 0.3) is 0 Å². The van der Waals surface area contributed by atoms with Crippen LogP contribution in [0.4, 0.5) is 5.00 Å². The number of thiophene rings is 1. The van der Waals surface area contributed by atoms with E-state index in [0.717, 1.165) is 5.00 Å². The second-order valence-corrected chi connectivity index (χ2v) is 5.39. The lowest BCUT2D eigenvalue weighted by Gasteiger charge is -2.17. The van der Waals surface area contributed by atoms with Gasteiger partial charge >= 0.3 is 0 Å². The summed E-state index contributed by atoms with van der Waals surface area (Å²) >= 11 is 1.76. The largest absolute Gasteiger partial charge is 0.254 e. The number of aliphatic imine (C=N–C) groups is 1. The Morgan fingerprint density at radius 3 is 1.92 bits per heavy atom. The average molecular weight is 195 g/mol. The summed E-state index contributed by atoms with van der Waals surface area (Å²) in [5.74, 6) is 0. The monoisotopic (exact) mass is 195 g/mol. The summed E-state index contributed by atoms with van der Waals surface area (Å²) in [6, 6.07) is 0. The molecule has 2 heteroatoms. The lowest BCUT2D eigenvalue weighted by Crippen LogP contribution is -2.10. The van der Waals surface area contributed by atoms with E-state index in [0.29, 0.717) is 0 Å². The molecule has 0 spiro atoms. The second-order valence-electron chi connectivity index (χ2n) is 4.39. The Labute approximate surface area is 84.5 Å². The van der Waals surface area contributed by atoms with Crippen LogP contribution in [-0.2, 0) is 5.41 Å². The topological polar surface area (TPSA) is 12.4 Å². The predicted molar refractivity (Wildman–Crippen MR) is 61.7 cm³/mol. The van der Waals surface area contributed by atoms with Gasteiger partial charge in [-0.3, -0.25) is 4.99 Å². The molecule has 0 unspecified atom stereocenters. The van der Waals surface area contributed by atoms with E-state index in [1.54, 1.807) is 11.3 Å². The molecule has 1 rings (SSSR count). The van der Waals surface area contributed by atoms with Crippen LogP contribution in [0.1, 0.15) is 36.8 Å². The fourth-order valence-electron chi connectivity index (χ4n) is 1.45. The number of nitrogens with zero attached hydrogens (tertiary/aromatic N) is 1. The number of hydrogen-bond donors (Lipinski definition) is 0. The third kappa shape index (κ3) is 1.83. The van der Waals surface area contributed by atoms with Crippen molar-refractivity contribution in [1.82, 2.24) is 0 Å². The van der Waals surface area contributed by atoms with Crippen LogP contribution in [0.2, 0.25) is 0 Å². The van der Waals surface area contributed by atoms with Crippen molar-refractivity contribution < 1.29 is 0 Å². The first kappa shape index (κ1) is 10.5. The Hall–Kier alpha value is -0.630. The van der Waals surface area contributed by atoms with Crippen LogP contribution in [0.25, 0.3) is 0 Å². The minimum absolute atomic E-state index is 0.225. The minimum Gasteiger partial charge on any atom is -0.254 e. The van der Waals surface area contributed by atoms with Gasteiger partial charge in [0.2, 0.25) is 0 Å². The van der Waals surface area contributed by atoms with Crippen molar-refractivity contribution in [2.24, 2.45) is 4.99 Å². The third-order valence-corrected chi connectivity index (χ3v) is 4.00. The van der Waals surface area contributed by atoms with Gasteiger partial charge in [-0.1, -0.05) is 20.8 Å². The molecule has 0 amide bonds. The Morgan fingerprint density at radius 1 is 1.15 bits per heavy atom. The van der Waals surface area contributed by atoms with Gasteiger partial charge in [0.1, 0.15) is 5.00 Å². The molecule has 0 N–H and O–H groups in total. The van der Waals surface area contributed by atoms with Crippen LogP contribution in [0.15, 0.2) is 4.99 Å². The van der Waals surface area contributed by atoms with Crippen LogP contribution in [0, 0.1) is 13.8 Å². The van der Waals surface area contributed by atoms with Crippen molar-refractivity contribution in [1.29, 1.82) is 0 Å². The van der Waals surface area contributed by atoms with E-state index in [-0.39, 0.29) is 5.41 Å². The van der Waals surface area contributed by atoms with Crippen LogP contribution < -0.4 is 0 Å². The van der Waals surface area contributed by atoms with E-state index < -0.39 is 0 Å². The summed E-state index contributed by atoms with van der Waals surface area (Å²) in [5.41, 5.74) is 2.88. The molecule has 0 atom stereocenters. The highest BCUT2D eigenvalue weighted by Crippen LogP contribution is 2.40. The van der Waals surface area contributed by atoms with Gasteiger partial charge in [0, 0.05) is 4.88 Å². The highest BCUT2D eigenvalue weighted by Gasteiger charge is 2.21. The molecule has 0 fully saturated rings. The van der Waals surface area contributed by atoms with E-state index in [1.807, 2.05) is 0 Å². The van der Waals surface area contributed by atoms with Crippen molar-refractivity contribution in [3.8, 4) is 0 Å². The summed E-state index contributed by atoms with van der Waals surface area (Å²) in [6.07, 6.45) is 0. The van der Waals surface area contributed by atoms with Crippen molar-refractivity contribution >= 4 is 23.1 Å². The molecule has 0 aromatic carbocycles. The highest BCUT2D eigenvalue weighted by atomic mass is 32.1. The van der Waals surface area contributed by atoms with E-state index >= 15 is 0 Å². The molecule has 0 aliphatic heterocycles. The van der Waals surface area contributed by atoms with Crippen LogP contribution in [0.3, 0.4) is 0 Å². The summed E-state index contributed by atoms with van der Waals surface area (Å²) in [6.45, 7) is 14.6. The lowest BCUT2D eigenvalue weighted by atomic mass is 9.91. The van der Waals surface area contributed by atoms with Gasteiger partial charge < -0.3 is 0 Å². The van der Waals surface area contributed by atoms with E-state index in [1.165, 1.54) is 16.0 Å². The maximum atomic E-state index is 4.03. The zero-order valence-corrected chi connectivity index (χ0v) is 9.88. The van der Waals surface area contributed by atoms with Gasteiger partial charge in [-0.25, -0.2) is 0 Å². The molecule has 0 aliphatic rings. The molecule has 0 aliphatic carbocycles. The van der Waals surface area contributed by atoms with Crippen LogP contribution in [0.5, 0.6) is 0 Å². The van der Waals surface area contributed by atoms with E-state index in [4.69, 9.17) is 0 Å². The van der Waals surface area contributed by atoms with Crippen molar-refractivity contribution in [3.63, 3.8) is 0 Å². The molecule has 0 saturated heterocycles. The van der Waals surface area contributed by atoms with Gasteiger partial charge in [0.05, 0.1) is 0 Å². The zero-order chi connectivity index (χ0) is 10.2. The maximum Gasteiger partial charge on any atom is 0.118 e. The molecule has 0 saturated carbocycles. The summed E-state index contributed by atoms with van der Waals surface area (Å²) in [7, 11) is 0. The van der Waals surface area contributed by atoms with E-state index in [2.05, 4.69) is 46.3 Å². The molecule has 13 heavy (non-hydrogen) atoms. The average Bonchev–Trinajstić information content (AvgIpc) is 2.28.